The number of allylic oxidation sites excluding steroid dienone is 4. The zero-order valence-electron chi connectivity index (χ0n) is 23.9. The second kappa shape index (κ2) is 26.9. The number of ketones is 2. The molecule has 36 heavy (non-hydrogen) atoms. The van der Waals surface area contributed by atoms with E-state index < -0.39 is 0 Å². The van der Waals surface area contributed by atoms with Crippen LogP contribution in [-0.2, 0) is 9.59 Å². The van der Waals surface area contributed by atoms with Crippen LogP contribution in [0.4, 0.5) is 0 Å². The van der Waals surface area contributed by atoms with Crippen LogP contribution < -0.4 is 0 Å². The van der Waals surface area contributed by atoms with Crippen LogP contribution in [-0.4, -0.2) is 11.6 Å². The van der Waals surface area contributed by atoms with E-state index in [1.807, 2.05) is 0 Å². The minimum absolute atomic E-state index is 0.492. The molecule has 0 unspecified atom stereocenters. The highest BCUT2D eigenvalue weighted by Crippen LogP contribution is 2.14. The molecular formula is C34H60O2. The van der Waals surface area contributed by atoms with E-state index in [9.17, 15) is 9.59 Å². The number of rotatable bonds is 0. The predicted molar refractivity (Wildman–Crippen MR) is 158 cm³/mol. The summed E-state index contributed by atoms with van der Waals surface area (Å²) in [6.07, 6.45) is 42.2. The topological polar surface area (TPSA) is 34.1 Å². The summed E-state index contributed by atoms with van der Waals surface area (Å²) in [6, 6.07) is 0. The first kappa shape index (κ1) is 32.8. The average Bonchev–Trinajstić information content (AvgIpc) is 2.87. The lowest BCUT2D eigenvalue weighted by Gasteiger charge is -2.03. The summed E-state index contributed by atoms with van der Waals surface area (Å²) in [7, 11) is 0. The smallest absolute Gasteiger partial charge is 0.132 e. The fraction of sp³-hybridized carbons (Fsp3) is 0.824. The molecule has 0 heterocycles. The van der Waals surface area contributed by atoms with E-state index in [1.54, 1.807) is 0 Å². The van der Waals surface area contributed by atoms with Crippen LogP contribution in [0.1, 0.15) is 180 Å². The van der Waals surface area contributed by atoms with Crippen molar-refractivity contribution in [2.24, 2.45) is 0 Å². The third-order valence-electron chi connectivity index (χ3n) is 7.64. The minimum atomic E-state index is 0.492. The van der Waals surface area contributed by atoms with Crippen LogP contribution in [0, 0.1) is 0 Å². The molecule has 1 rings (SSSR count). The van der Waals surface area contributed by atoms with E-state index >= 15 is 0 Å². The molecule has 0 aromatic carbocycles. The van der Waals surface area contributed by atoms with Crippen LogP contribution in [0.25, 0.3) is 0 Å². The fourth-order valence-electron chi connectivity index (χ4n) is 5.18. The Morgan fingerprint density at radius 1 is 0.278 bits per heavy atom. The quantitative estimate of drug-likeness (QED) is 0.310. The lowest BCUT2D eigenvalue weighted by molar-refractivity contribution is -0.120. The third-order valence-corrected chi connectivity index (χ3v) is 7.64. The van der Waals surface area contributed by atoms with Gasteiger partial charge in [-0.1, -0.05) is 101 Å². The minimum Gasteiger partial charge on any atom is -0.300 e. The summed E-state index contributed by atoms with van der Waals surface area (Å²) in [5.41, 5.74) is 0. The average molecular weight is 501 g/mol. The second-order valence-electron chi connectivity index (χ2n) is 11.2. The van der Waals surface area contributed by atoms with Crippen molar-refractivity contribution in [1.29, 1.82) is 0 Å². The highest BCUT2D eigenvalue weighted by atomic mass is 16.1. The summed E-state index contributed by atoms with van der Waals surface area (Å²) in [4.78, 5) is 24.2. The van der Waals surface area contributed by atoms with Crippen molar-refractivity contribution in [1.82, 2.24) is 0 Å². The van der Waals surface area contributed by atoms with Crippen molar-refractivity contribution in [2.45, 2.75) is 180 Å². The van der Waals surface area contributed by atoms with E-state index in [0.717, 1.165) is 51.4 Å². The molecule has 0 radical (unpaired) electrons. The molecule has 0 saturated heterocycles. The van der Waals surface area contributed by atoms with E-state index in [1.165, 1.54) is 128 Å². The van der Waals surface area contributed by atoms with Gasteiger partial charge in [-0.15, -0.1) is 0 Å². The summed E-state index contributed by atoms with van der Waals surface area (Å²) >= 11 is 0. The monoisotopic (exact) mass is 500 g/mol. The summed E-state index contributed by atoms with van der Waals surface area (Å²) in [5, 5.41) is 0. The highest BCUT2D eigenvalue weighted by molar-refractivity contribution is 5.78. The Kier molecular flexibility index (Phi) is 24.5. The Labute approximate surface area is 225 Å². The Balaban J connectivity index is 2.17. The Hall–Kier alpha value is -1.18. The molecule has 0 fully saturated rings. The second-order valence-corrected chi connectivity index (χ2v) is 11.2. The molecule has 0 atom stereocenters. The molecule has 1 aliphatic carbocycles. The van der Waals surface area contributed by atoms with Gasteiger partial charge in [-0.3, -0.25) is 9.59 Å². The van der Waals surface area contributed by atoms with Gasteiger partial charge in [0.15, 0.2) is 0 Å². The van der Waals surface area contributed by atoms with E-state index in [2.05, 4.69) is 24.3 Å². The van der Waals surface area contributed by atoms with Gasteiger partial charge in [-0.2, -0.15) is 0 Å². The maximum absolute atomic E-state index is 12.1. The first-order valence-corrected chi connectivity index (χ1v) is 16.1. The molecule has 2 heteroatoms. The molecule has 208 valence electrons. The number of carbonyl (C=O) groups excluding carboxylic acids is 2. The first-order valence-electron chi connectivity index (χ1n) is 16.1. The number of hydrogen-bond acceptors (Lipinski definition) is 2. The van der Waals surface area contributed by atoms with Crippen LogP contribution in [0.15, 0.2) is 24.3 Å². The highest BCUT2D eigenvalue weighted by Gasteiger charge is 2.03. The Bertz CT molecular complexity index is 466. The Morgan fingerprint density at radius 3 is 0.722 bits per heavy atom. The lowest BCUT2D eigenvalue weighted by Crippen LogP contribution is -1.97. The molecule has 0 aromatic heterocycles. The van der Waals surface area contributed by atoms with Crippen LogP contribution in [0.3, 0.4) is 0 Å². The zero-order valence-corrected chi connectivity index (χ0v) is 23.9. The van der Waals surface area contributed by atoms with Gasteiger partial charge in [-0.25, -0.2) is 0 Å². The summed E-state index contributed by atoms with van der Waals surface area (Å²) in [6.45, 7) is 0. The SMILES string of the molecule is O=C1CCCCCCC/C=C\CCCCCCCC(=O)CCCCCCC/C=C\CCCCCCC1. The van der Waals surface area contributed by atoms with Crippen molar-refractivity contribution in [3.63, 3.8) is 0 Å². The van der Waals surface area contributed by atoms with Gasteiger partial charge >= 0.3 is 0 Å². The van der Waals surface area contributed by atoms with Gasteiger partial charge in [0.05, 0.1) is 0 Å². The number of Topliss-reactive ketones (excluding diaryl/α,β-unsaturated/α-hetero) is 2. The van der Waals surface area contributed by atoms with E-state index in [4.69, 9.17) is 0 Å². The molecular weight excluding hydrogens is 440 g/mol. The Morgan fingerprint density at radius 2 is 0.472 bits per heavy atom. The van der Waals surface area contributed by atoms with Gasteiger partial charge in [0, 0.05) is 25.7 Å². The number of carbonyl (C=O) groups is 2. The molecule has 0 spiro atoms. The van der Waals surface area contributed by atoms with Gasteiger partial charge in [0.25, 0.3) is 0 Å². The first-order chi connectivity index (χ1) is 17.8. The van der Waals surface area contributed by atoms with Crippen molar-refractivity contribution >= 4 is 11.6 Å². The fourth-order valence-corrected chi connectivity index (χ4v) is 5.18. The van der Waals surface area contributed by atoms with Gasteiger partial charge in [0.2, 0.25) is 0 Å². The van der Waals surface area contributed by atoms with E-state index in [0.29, 0.717) is 11.6 Å². The van der Waals surface area contributed by atoms with Gasteiger partial charge in [0.1, 0.15) is 11.6 Å². The lowest BCUT2D eigenvalue weighted by atomic mass is 10.0. The normalized spacial score (nSPS) is 24.3. The molecule has 0 saturated carbocycles. The van der Waals surface area contributed by atoms with Gasteiger partial charge < -0.3 is 0 Å². The summed E-state index contributed by atoms with van der Waals surface area (Å²) < 4.78 is 0. The maximum Gasteiger partial charge on any atom is 0.132 e. The molecule has 1 aliphatic rings. The van der Waals surface area contributed by atoms with Crippen molar-refractivity contribution in [2.75, 3.05) is 0 Å². The molecule has 0 N–H and O–H groups in total. The molecule has 0 bridgehead atoms. The van der Waals surface area contributed by atoms with Crippen LogP contribution in [0.2, 0.25) is 0 Å². The van der Waals surface area contributed by atoms with E-state index in [-0.39, 0.29) is 0 Å². The maximum atomic E-state index is 12.1. The van der Waals surface area contributed by atoms with Crippen LogP contribution >= 0.6 is 0 Å². The molecule has 0 aliphatic heterocycles. The number of hydrogen-bond donors (Lipinski definition) is 0. The molecule has 0 amide bonds. The van der Waals surface area contributed by atoms with Crippen molar-refractivity contribution < 1.29 is 9.59 Å². The predicted octanol–water partition coefficient (Wildman–Crippen LogP) is 11.2. The van der Waals surface area contributed by atoms with Crippen molar-refractivity contribution in [3.8, 4) is 0 Å². The summed E-state index contributed by atoms with van der Waals surface area (Å²) in [5.74, 6) is 0.984. The third kappa shape index (κ3) is 24.5. The van der Waals surface area contributed by atoms with Gasteiger partial charge in [-0.05, 0) is 77.0 Å². The van der Waals surface area contributed by atoms with Crippen molar-refractivity contribution in [3.05, 3.63) is 24.3 Å². The van der Waals surface area contributed by atoms with Crippen LogP contribution in [0.5, 0.6) is 0 Å². The molecule has 2 nitrogen and oxygen atoms in total. The largest absolute Gasteiger partial charge is 0.300 e. The zero-order chi connectivity index (χ0) is 25.8. The molecule has 0 aromatic rings. The standard InChI is InChI=1S/C34H60O2/c35-33-29-25-21-17-13-9-5-1-2-6-10-14-18-22-26-30-34(36)32-28-24-20-16-12-8-4-3-7-11-15-19-23-27-31-33/h1-4H,5-32H2/b2-1-,4-3-.